The van der Waals surface area contributed by atoms with Crippen LogP contribution < -0.4 is 14.8 Å². The van der Waals surface area contributed by atoms with E-state index in [1.807, 2.05) is 13.8 Å². The summed E-state index contributed by atoms with van der Waals surface area (Å²) in [5.74, 6) is 1.27. The van der Waals surface area contributed by atoms with E-state index in [0.29, 0.717) is 30.3 Å². The molecule has 0 unspecified atom stereocenters. The van der Waals surface area contributed by atoms with Crippen molar-refractivity contribution in [3.8, 4) is 11.5 Å². The lowest BCUT2D eigenvalue weighted by Gasteiger charge is -2.20. The topological polar surface area (TPSA) is 50.8 Å². The first kappa shape index (κ1) is 14.2. The Morgan fingerprint density at radius 1 is 1.22 bits per heavy atom. The fourth-order valence-electron chi connectivity index (χ4n) is 1.61. The van der Waals surface area contributed by atoms with E-state index in [1.165, 1.54) is 0 Å². The maximum Gasteiger partial charge on any atom is 0.321 e. The van der Waals surface area contributed by atoms with Crippen LogP contribution in [0.4, 0.5) is 10.5 Å². The number of nitrogens with zero attached hydrogens (tertiary/aromatic N) is 1. The standard InChI is InChI=1S/C13H20N2O3/c1-5-15(6-2)13(16)14-11-8-7-10(17-3)9-12(11)18-4/h7-9H,5-6H2,1-4H3,(H,14,16). The summed E-state index contributed by atoms with van der Waals surface area (Å²) in [7, 11) is 3.14. The van der Waals surface area contributed by atoms with Crippen molar-refractivity contribution in [1.29, 1.82) is 0 Å². The Kier molecular flexibility index (Phi) is 5.30. The van der Waals surface area contributed by atoms with Crippen LogP contribution in [0, 0.1) is 0 Å². The van der Waals surface area contributed by atoms with Crippen LogP contribution in [-0.2, 0) is 0 Å². The molecule has 0 saturated heterocycles. The van der Waals surface area contributed by atoms with Crippen LogP contribution in [0.25, 0.3) is 0 Å². The first-order chi connectivity index (χ1) is 8.65. The van der Waals surface area contributed by atoms with Gasteiger partial charge < -0.3 is 19.7 Å². The van der Waals surface area contributed by atoms with Crippen LogP contribution in [0.5, 0.6) is 11.5 Å². The summed E-state index contributed by atoms with van der Waals surface area (Å²) in [6.45, 7) is 5.21. The Bertz CT molecular complexity index is 403. The van der Waals surface area contributed by atoms with Gasteiger partial charge in [0.1, 0.15) is 11.5 Å². The Balaban J connectivity index is 2.86. The summed E-state index contributed by atoms with van der Waals surface area (Å²) in [6, 6.07) is 5.14. The molecule has 0 aromatic heterocycles. The fraction of sp³-hybridized carbons (Fsp3) is 0.462. The minimum absolute atomic E-state index is 0.136. The maximum absolute atomic E-state index is 11.9. The molecule has 1 aromatic carbocycles. The van der Waals surface area contributed by atoms with Crippen molar-refractivity contribution in [3.05, 3.63) is 18.2 Å². The van der Waals surface area contributed by atoms with Crippen molar-refractivity contribution in [1.82, 2.24) is 4.90 Å². The lowest BCUT2D eigenvalue weighted by atomic mass is 10.2. The summed E-state index contributed by atoms with van der Waals surface area (Å²) < 4.78 is 10.3. The van der Waals surface area contributed by atoms with Crippen molar-refractivity contribution in [2.75, 3.05) is 32.6 Å². The van der Waals surface area contributed by atoms with Crippen molar-refractivity contribution < 1.29 is 14.3 Å². The molecule has 100 valence electrons. The lowest BCUT2D eigenvalue weighted by Crippen LogP contribution is -2.34. The Morgan fingerprint density at radius 3 is 2.39 bits per heavy atom. The number of ether oxygens (including phenoxy) is 2. The molecule has 1 N–H and O–H groups in total. The number of methoxy groups -OCH3 is 2. The molecule has 0 heterocycles. The van der Waals surface area contributed by atoms with Crippen molar-refractivity contribution in [2.45, 2.75) is 13.8 Å². The third-order valence-electron chi connectivity index (χ3n) is 2.70. The number of carbonyl (C=O) groups excluding carboxylic acids is 1. The first-order valence-electron chi connectivity index (χ1n) is 5.94. The SMILES string of the molecule is CCN(CC)C(=O)Nc1ccc(OC)cc1OC. The van der Waals surface area contributed by atoms with Gasteiger partial charge in [-0.2, -0.15) is 0 Å². The highest BCUT2D eigenvalue weighted by Crippen LogP contribution is 2.29. The molecule has 0 aliphatic carbocycles. The number of urea groups is 1. The van der Waals surface area contributed by atoms with E-state index in [-0.39, 0.29) is 6.03 Å². The van der Waals surface area contributed by atoms with E-state index >= 15 is 0 Å². The van der Waals surface area contributed by atoms with Crippen LogP contribution in [0.1, 0.15) is 13.8 Å². The molecule has 0 spiro atoms. The van der Waals surface area contributed by atoms with E-state index in [9.17, 15) is 4.79 Å². The van der Waals surface area contributed by atoms with Crippen LogP contribution in [-0.4, -0.2) is 38.2 Å². The average Bonchev–Trinajstić information content (AvgIpc) is 2.40. The van der Waals surface area contributed by atoms with Crippen LogP contribution in [0.15, 0.2) is 18.2 Å². The third kappa shape index (κ3) is 3.29. The highest BCUT2D eigenvalue weighted by Gasteiger charge is 2.12. The molecular weight excluding hydrogens is 232 g/mol. The quantitative estimate of drug-likeness (QED) is 0.876. The molecule has 5 nitrogen and oxygen atoms in total. The number of anilines is 1. The van der Waals surface area contributed by atoms with Gasteiger partial charge in [-0.1, -0.05) is 0 Å². The molecule has 0 saturated carbocycles. The Morgan fingerprint density at radius 2 is 1.89 bits per heavy atom. The molecule has 0 aliphatic rings. The van der Waals surface area contributed by atoms with E-state index in [0.717, 1.165) is 0 Å². The molecule has 2 amide bonds. The lowest BCUT2D eigenvalue weighted by molar-refractivity contribution is 0.217. The van der Waals surface area contributed by atoms with Gasteiger partial charge in [0.05, 0.1) is 19.9 Å². The van der Waals surface area contributed by atoms with Crippen LogP contribution in [0.3, 0.4) is 0 Å². The van der Waals surface area contributed by atoms with Gasteiger partial charge in [0, 0.05) is 19.2 Å². The predicted molar refractivity (Wildman–Crippen MR) is 71.5 cm³/mol. The van der Waals surface area contributed by atoms with Crippen molar-refractivity contribution in [3.63, 3.8) is 0 Å². The van der Waals surface area contributed by atoms with E-state index in [1.54, 1.807) is 37.3 Å². The Labute approximate surface area is 108 Å². The summed E-state index contributed by atoms with van der Waals surface area (Å²) in [5.41, 5.74) is 0.634. The van der Waals surface area contributed by atoms with Gasteiger partial charge >= 0.3 is 6.03 Å². The summed E-state index contributed by atoms with van der Waals surface area (Å²) in [5, 5.41) is 2.82. The number of carbonyl (C=O) groups is 1. The molecule has 0 fully saturated rings. The minimum atomic E-state index is -0.136. The van der Waals surface area contributed by atoms with E-state index in [4.69, 9.17) is 9.47 Å². The fourth-order valence-corrected chi connectivity index (χ4v) is 1.61. The first-order valence-corrected chi connectivity index (χ1v) is 5.94. The maximum atomic E-state index is 11.9. The molecule has 5 heteroatoms. The largest absolute Gasteiger partial charge is 0.497 e. The second-order valence-corrected chi connectivity index (χ2v) is 3.67. The predicted octanol–water partition coefficient (Wildman–Crippen LogP) is 2.58. The van der Waals surface area contributed by atoms with E-state index < -0.39 is 0 Å². The molecule has 0 atom stereocenters. The number of hydrogen-bond donors (Lipinski definition) is 1. The van der Waals surface area contributed by atoms with Gasteiger partial charge in [0.15, 0.2) is 0 Å². The minimum Gasteiger partial charge on any atom is -0.497 e. The number of hydrogen-bond acceptors (Lipinski definition) is 3. The number of rotatable bonds is 5. The van der Waals surface area contributed by atoms with Crippen molar-refractivity contribution >= 4 is 11.7 Å². The van der Waals surface area contributed by atoms with Gasteiger partial charge in [-0.15, -0.1) is 0 Å². The van der Waals surface area contributed by atoms with Gasteiger partial charge in [0.25, 0.3) is 0 Å². The Hall–Kier alpha value is -1.91. The normalized spacial score (nSPS) is 9.78. The zero-order chi connectivity index (χ0) is 13.5. The second-order valence-electron chi connectivity index (χ2n) is 3.67. The number of benzene rings is 1. The van der Waals surface area contributed by atoms with Crippen LogP contribution in [0.2, 0.25) is 0 Å². The zero-order valence-corrected chi connectivity index (χ0v) is 11.3. The molecular formula is C13H20N2O3. The second kappa shape index (κ2) is 6.74. The van der Waals surface area contributed by atoms with Gasteiger partial charge in [-0.05, 0) is 26.0 Å². The molecule has 0 aliphatic heterocycles. The van der Waals surface area contributed by atoms with Crippen LogP contribution >= 0.6 is 0 Å². The van der Waals surface area contributed by atoms with Gasteiger partial charge in [-0.25, -0.2) is 4.79 Å². The highest BCUT2D eigenvalue weighted by atomic mass is 16.5. The summed E-state index contributed by atoms with van der Waals surface area (Å²) in [6.07, 6.45) is 0. The summed E-state index contributed by atoms with van der Waals surface area (Å²) >= 11 is 0. The van der Waals surface area contributed by atoms with Crippen molar-refractivity contribution in [2.24, 2.45) is 0 Å². The van der Waals surface area contributed by atoms with E-state index in [2.05, 4.69) is 5.32 Å². The average molecular weight is 252 g/mol. The van der Waals surface area contributed by atoms with Gasteiger partial charge in [-0.3, -0.25) is 0 Å². The number of amides is 2. The third-order valence-corrected chi connectivity index (χ3v) is 2.70. The van der Waals surface area contributed by atoms with Gasteiger partial charge in [0.2, 0.25) is 0 Å². The molecule has 18 heavy (non-hydrogen) atoms. The highest BCUT2D eigenvalue weighted by molar-refractivity contribution is 5.91. The zero-order valence-electron chi connectivity index (χ0n) is 11.3. The molecule has 1 aromatic rings. The molecule has 0 bridgehead atoms. The molecule has 0 radical (unpaired) electrons. The monoisotopic (exact) mass is 252 g/mol. The molecule has 1 rings (SSSR count). The summed E-state index contributed by atoms with van der Waals surface area (Å²) in [4.78, 5) is 13.6. The smallest absolute Gasteiger partial charge is 0.321 e. The number of nitrogens with one attached hydrogen (secondary N) is 1.